The first-order chi connectivity index (χ1) is 9.56. The van der Waals surface area contributed by atoms with Crippen LogP contribution in [0.4, 0.5) is 0 Å². The van der Waals surface area contributed by atoms with Gasteiger partial charge in [0.1, 0.15) is 0 Å². The average molecular weight is 277 g/mol. The summed E-state index contributed by atoms with van der Waals surface area (Å²) in [5.74, 6) is -1.28. The molecular formula is C15H19NO4. The molecule has 0 atom stereocenters. The van der Waals surface area contributed by atoms with Crippen LogP contribution in [0.25, 0.3) is 0 Å². The molecule has 0 radical (unpaired) electrons. The van der Waals surface area contributed by atoms with Crippen LogP contribution in [0.5, 0.6) is 0 Å². The molecule has 0 unspecified atom stereocenters. The zero-order valence-electron chi connectivity index (χ0n) is 11.3. The van der Waals surface area contributed by atoms with Gasteiger partial charge in [-0.1, -0.05) is 31.0 Å². The smallest absolute Gasteiger partial charge is 0.335 e. The van der Waals surface area contributed by atoms with E-state index in [4.69, 9.17) is 5.11 Å². The molecule has 5 nitrogen and oxygen atoms in total. The van der Waals surface area contributed by atoms with Crippen LogP contribution in [0.1, 0.15) is 41.6 Å². The van der Waals surface area contributed by atoms with E-state index in [1.54, 1.807) is 18.2 Å². The Hall–Kier alpha value is -1.88. The van der Waals surface area contributed by atoms with Crippen LogP contribution in [0.3, 0.4) is 0 Å². The van der Waals surface area contributed by atoms with E-state index in [0.29, 0.717) is 5.56 Å². The van der Waals surface area contributed by atoms with Gasteiger partial charge in [0, 0.05) is 0 Å². The SMILES string of the molecule is O=C(Cc1ccccc1C(=O)O)NC1(CO)CCCC1. The number of carbonyl (C=O) groups excluding carboxylic acids is 1. The molecule has 20 heavy (non-hydrogen) atoms. The van der Waals surface area contributed by atoms with Crippen molar-refractivity contribution in [2.45, 2.75) is 37.6 Å². The highest BCUT2D eigenvalue weighted by molar-refractivity contribution is 5.91. The van der Waals surface area contributed by atoms with E-state index in [1.807, 2.05) is 0 Å². The number of aromatic carboxylic acids is 1. The molecule has 1 amide bonds. The Morgan fingerprint density at radius 2 is 1.85 bits per heavy atom. The van der Waals surface area contributed by atoms with Gasteiger partial charge in [0.05, 0.1) is 24.1 Å². The van der Waals surface area contributed by atoms with Crippen LogP contribution in [0.2, 0.25) is 0 Å². The molecule has 0 bridgehead atoms. The van der Waals surface area contributed by atoms with Crippen molar-refractivity contribution < 1.29 is 19.8 Å². The molecule has 1 aliphatic carbocycles. The average Bonchev–Trinajstić information content (AvgIpc) is 2.88. The Kier molecular flexibility index (Phi) is 4.39. The molecule has 3 N–H and O–H groups in total. The number of benzene rings is 1. The number of hydrogen-bond donors (Lipinski definition) is 3. The van der Waals surface area contributed by atoms with Gasteiger partial charge in [-0.25, -0.2) is 4.79 Å². The lowest BCUT2D eigenvalue weighted by atomic mass is 9.97. The summed E-state index contributed by atoms with van der Waals surface area (Å²) in [6.07, 6.45) is 3.55. The maximum Gasteiger partial charge on any atom is 0.335 e. The molecule has 1 saturated carbocycles. The number of aliphatic hydroxyl groups is 1. The standard InChI is InChI=1S/C15H19NO4/c17-10-15(7-3-4-8-15)16-13(18)9-11-5-1-2-6-12(11)14(19)20/h1-2,5-6,17H,3-4,7-10H2,(H,16,18)(H,19,20). The van der Waals surface area contributed by atoms with Crippen LogP contribution in [0, 0.1) is 0 Å². The van der Waals surface area contributed by atoms with E-state index in [0.717, 1.165) is 25.7 Å². The van der Waals surface area contributed by atoms with E-state index in [-0.39, 0.29) is 24.5 Å². The van der Waals surface area contributed by atoms with Crippen molar-refractivity contribution in [1.29, 1.82) is 0 Å². The van der Waals surface area contributed by atoms with Crippen LogP contribution in [-0.4, -0.2) is 34.2 Å². The predicted molar refractivity (Wildman–Crippen MR) is 73.5 cm³/mol. The fraction of sp³-hybridized carbons (Fsp3) is 0.467. The van der Waals surface area contributed by atoms with Crippen molar-refractivity contribution in [3.63, 3.8) is 0 Å². The molecule has 0 saturated heterocycles. The quantitative estimate of drug-likeness (QED) is 0.758. The summed E-state index contributed by atoms with van der Waals surface area (Å²) in [5.41, 5.74) is 0.116. The van der Waals surface area contributed by atoms with E-state index in [2.05, 4.69) is 5.32 Å². The topological polar surface area (TPSA) is 86.6 Å². The number of amides is 1. The van der Waals surface area contributed by atoms with Crippen molar-refractivity contribution in [3.8, 4) is 0 Å². The Labute approximate surface area is 117 Å². The van der Waals surface area contributed by atoms with Gasteiger partial charge in [0.25, 0.3) is 0 Å². The summed E-state index contributed by atoms with van der Waals surface area (Å²) in [5, 5.41) is 21.4. The molecule has 1 aromatic carbocycles. The summed E-state index contributed by atoms with van der Waals surface area (Å²) < 4.78 is 0. The zero-order chi connectivity index (χ0) is 14.6. The molecular weight excluding hydrogens is 258 g/mol. The molecule has 5 heteroatoms. The third-order valence-corrected chi connectivity index (χ3v) is 3.87. The van der Waals surface area contributed by atoms with Gasteiger partial charge in [-0.3, -0.25) is 4.79 Å². The summed E-state index contributed by atoms with van der Waals surface area (Å²) >= 11 is 0. The number of carboxylic acids is 1. The lowest BCUT2D eigenvalue weighted by molar-refractivity contribution is -0.122. The van der Waals surface area contributed by atoms with Crippen molar-refractivity contribution in [1.82, 2.24) is 5.32 Å². The molecule has 1 fully saturated rings. The minimum Gasteiger partial charge on any atom is -0.478 e. The Balaban J connectivity index is 2.07. The van der Waals surface area contributed by atoms with Gasteiger partial charge in [-0.15, -0.1) is 0 Å². The predicted octanol–water partition coefficient (Wildman–Crippen LogP) is 1.35. The third-order valence-electron chi connectivity index (χ3n) is 3.87. The second-order valence-corrected chi connectivity index (χ2v) is 5.33. The highest BCUT2D eigenvalue weighted by Gasteiger charge is 2.34. The second kappa shape index (κ2) is 6.05. The van der Waals surface area contributed by atoms with Gasteiger partial charge >= 0.3 is 5.97 Å². The van der Waals surface area contributed by atoms with Gasteiger partial charge < -0.3 is 15.5 Å². The summed E-state index contributed by atoms with van der Waals surface area (Å²) in [6, 6.07) is 6.48. The summed E-state index contributed by atoms with van der Waals surface area (Å²) in [7, 11) is 0. The fourth-order valence-corrected chi connectivity index (χ4v) is 2.77. The van der Waals surface area contributed by atoms with Crippen LogP contribution < -0.4 is 5.32 Å². The third kappa shape index (κ3) is 3.17. The number of aliphatic hydroxyl groups excluding tert-OH is 1. The lowest BCUT2D eigenvalue weighted by Gasteiger charge is -2.28. The number of carboxylic acid groups (broad SMARTS) is 1. The minimum atomic E-state index is -1.04. The van der Waals surface area contributed by atoms with E-state index < -0.39 is 11.5 Å². The Bertz CT molecular complexity index is 506. The van der Waals surface area contributed by atoms with Gasteiger partial charge in [-0.2, -0.15) is 0 Å². The van der Waals surface area contributed by atoms with Crippen molar-refractivity contribution in [2.75, 3.05) is 6.61 Å². The molecule has 0 aliphatic heterocycles. The normalized spacial score (nSPS) is 16.9. The fourth-order valence-electron chi connectivity index (χ4n) is 2.77. The maximum atomic E-state index is 12.1. The first-order valence-electron chi connectivity index (χ1n) is 6.79. The van der Waals surface area contributed by atoms with Crippen LogP contribution in [0.15, 0.2) is 24.3 Å². The van der Waals surface area contributed by atoms with Gasteiger partial charge in [0.15, 0.2) is 0 Å². The molecule has 1 aliphatic rings. The first-order valence-corrected chi connectivity index (χ1v) is 6.79. The summed E-state index contributed by atoms with van der Waals surface area (Å²) in [6.45, 7) is -0.0701. The Morgan fingerprint density at radius 3 is 2.45 bits per heavy atom. The van der Waals surface area contributed by atoms with Gasteiger partial charge in [-0.05, 0) is 24.5 Å². The van der Waals surface area contributed by atoms with Crippen LogP contribution in [-0.2, 0) is 11.2 Å². The lowest BCUT2D eigenvalue weighted by Crippen LogP contribution is -2.49. The zero-order valence-corrected chi connectivity index (χ0v) is 11.3. The summed E-state index contributed by atoms with van der Waals surface area (Å²) in [4.78, 5) is 23.2. The van der Waals surface area contributed by atoms with Crippen molar-refractivity contribution >= 4 is 11.9 Å². The minimum absolute atomic E-state index is 0.0181. The molecule has 108 valence electrons. The van der Waals surface area contributed by atoms with E-state index in [1.165, 1.54) is 6.07 Å². The highest BCUT2D eigenvalue weighted by Crippen LogP contribution is 2.29. The number of carbonyl (C=O) groups is 2. The van der Waals surface area contributed by atoms with Gasteiger partial charge in [0.2, 0.25) is 5.91 Å². The van der Waals surface area contributed by atoms with Crippen molar-refractivity contribution in [2.24, 2.45) is 0 Å². The Morgan fingerprint density at radius 1 is 1.20 bits per heavy atom. The number of hydrogen-bond acceptors (Lipinski definition) is 3. The molecule has 0 aromatic heterocycles. The number of nitrogens with one attached hydrogen (secondary N) is 1. The van der Waals surface area contributed by atoms with Crippen molar-refractivity contribution in [3.05, 3.63) is 35.4 Å². The highest BCUT2D eigenvalue weighted by atomic mass is 16.4. The molecule has 2 rings (SSSR count). The molecule has 0 spiro atoms. The number of rotatable bonds is 5. The maximum absolute atomic E-state index is 12.1. The van der Waals surface area contributed by atoms with E-state index >= 15 is 0 Å². The molecule has 1 aromatic rings. The molecule has 0 heterocycles. The van der Waals surface area contributed by atoms with Crippen LogP contribution >= 0.6 is 0 Å². The largest absolute Gasteiger partial charge is 0.478 e. The second-order valence-electron chi connectivity index (χ2n) is 5.33. The monoisotopic (exact) mass is 277 g/mol. The van der Waals surface area contributed by atoms with E-state index in [9.17, 15) is 14.7 Å². The first kappa shape index (κ1) is 14.5.